The molecule has 102 valence electrons. The quantitative estimate of drug-likeness (QED) is 0.782. The van der Waals surface area contributed by atoms with Gasteiger partial charge in [-0.15, -0.1) is 0 Å². The van der Waals surface area contributed by atoms with Crippen LogP contribution in [0.15, 0.2) is 43.4 Å². The normalized spacial score (nSPS) is 10.8. The van der Waals surface area contributed by atoms with Crippen LogP contribution >= 0.6 is 0 Å². The highest BCUT2D eigenvalue weighted by Gasteiger charge is 2.08. The van der Waals surface area contributed by atoms with Gasteiger partial charge in [0.05, 0.1) is 31.0 Å². The molecule has 0 amide bonds. The molecule has 3 heterocycles. The van der Waals surface area contributed by atoms with Crippen LogP contribution in [-0.4, -0.2) is 24.3 Å². The molecule has 3 aromatic heterocycles. The highest BCUT2D eigenvalue weighted by molar-refractivity contribution is 5.72. The first-order valence-corrected chi connectivity index (χ1v) is 6.43. The minimum atomic E-state index is 0.705. The summed E-state index contributed by atoms with van der Waals surface area (Å²) in [4.78, 5) is 8.33. The average molecular weight is 268 g/mol. The molecular formula is C14H16N6. The second-order valence-electron chi connectivity index (χ2n) is 4.72. The third-order valence-electron chi connectivity index (χ3n) is 3.18. The van der Waals surface area contributed by atoms with Gasteiger partial charge in [0.15, 0.2) is 0 Å². The van der Waals surface area contributed by atoms with Crippen molar-refractivity contribution in [3.63, 3.8) is 0 Å². The van der Waals surface area contributed by atoms with Crippen LogP contribution in [0, 0.1) is 6.92 Å². The summed E-state index contributed by atoms with van der Waals surface area (Å²) in [5, 5.41) is 4.28. The fraction of sp³-hybridized carbons (Fsp3) is 0.214. The number of imidazole rings is 1. The Kier molecular flexibility index (Phi) is 3.20. The minimum Gasteiger partial charge on any atom is -0.398 e. The molecule has 0 bridgehead atoms. The molecule has 0 atom stereocenters. The zero-order valence-corrected chi connectivity index (χ0v) is 11.3. The summed E-state index contributed by atoms with van der Waals surface area (Å²) in [6.07, 6.45) is 10.9. The standard InChI is InChI=1S/C14H16N6/c1-11-6-18-20(9-11)5-4-19-10-17-8-14(19)12-7-16-3-2-13(12)15/h2-3,6-10H,4-5H2,1H3,(H2,15,16). The van der Waals surface area contributed by atoms with E-state index in [1.54, 1.807) is 24.8 Å². The van der Waals surface area contributed by atoms with Crippen molar-refractivity contribution < 1.29 is 0 Å². The van der Waals surface area contributed by atoms with Crippen LogP contribution in [0.2, 0.25) is 0 Å². The molecule has 3 rings (SSSR count). The van der Waals surface area contributed by atoms with Gasteiger partial charge in [-0.3, -0.25) is 9.67 Å². The van der Waals surface area contributed by atoms with Crippen molar-refractivity contribution in [2.75, 3.05) is 5.73 Å². The fourth-order valence-corrected chi connectivity index (χ4v) is 2.14. The van der Waals surface area contributed by atoms with Gasteiger partial charge in [-0.25, -0.2) is 4.98 Å². The highest BCUT2D eigenvalue weighted by atomic mass is 15.3. The zero-order chi connectivity index (χ0) is 13.9. The molecule has 3 aromatic rings. The van der Waals surface area contributed by atoms with Crippen LogP contribution in [0.5, 0.6) is 0 Å². The Morgan fingerprint density at radius 1 is 1.15 bits per heavy atom. The largest absolute Gasteiger partial charge is 0.398 e. The first-order chi connectivity index (χ1) is 9.74. The maximum absolute atomic E-state index is 5.99. The highest BCUT2D eigenvalue weighted by Crippen LogP contribution is 2.24. The number of anilines is 1. The van der Waals surface area contributed by atoms with Crippen LogP contribution in [0.4, 0.5) is 5.69 Å². The number of hydrogen-bond donors (Lipinski definition) is 1. The molecule has 0 saturated heterocycles. The monoisotopic (exact) mass is 268 g/mol. The second kappa shape index (κ2) is 5.16. The number of nitrogens with zero attached hydrogens (tertiary/aromatic N) is 5. The molecule has 0 saturated carbocycles. The molecule has 6 heteroatoms. The van der Waals surface area contributed by atoms with Gasteiger partial charge in [0.2, 0.25) is 0 Å². The van der Waals surface area contributed by atoms with Crippen molar-refractivity contribution in [1.82, 2.24) is 24.3 Å². The van der Waals surface area contributed by atoms with E-state index in [0.717, 1.165) is 29.9 Å². The fourth-order valence-electron chi connectivity index (χ4n) is 2.14. The number of nitrogens with two attached hydrogens (primary N) is 1. The Balaban J connectivity index is 1.82. The lowest BCUT2D eigenvalue weighted by molar-refractivity contribution is 0.535. The Hall–Kier alpha value is -2.63. The van der Waals surface area contributed by atoms with E-state index in [0.29, 0.717) is 5.69 Å². The lowest BCUT2D eigenvalue weighted by Gasteiger charge is -2.09. The van der Waals surface area contributed by atoms with Crippen LogP contribution in [0.1, 0.15) is 5.56 Å². The Morgan fingerprint density at radius 3 is 2.80 bits per heavy atom. The second-order valence-corrected chi connectivity index (χ2v) is 4.72. The molecule has 20 heavy (non-hydrogen) atoms. The van der Waals surface area contributed by atoms with Gasteiger partial charge in [0.1, 0.15) is 0 Å². The molecule has 0 aromatic carbocycles. The lowest BCUT2D eigenvalue weighted by atomic mass is 10.2. The van der Waals surface area contributed by atoms with Crippen molar-refractivity contribution in [2.45, 2.75) is 20.0 Å². The summed E-state index contributed by atoms with van der Waals surface area (Å²) in [5.74, 6) is 0. The van der Waals surface area contributed by atoms with Crippen LogP contribution in [-0.2, 0) is 13.1 Å². The molecule has 6 nitrogen and oxygen atoms in total. The molecular weight excluding hydrogens is 252 g/mol. The molecule has 2 N–H and O–H groups in total. The van der Waals surface area contributed by atoms with E-state index in [1.807, 2.05) is 30.2 Å². The van der Waals surface area contributed by atoms with Gasteiger partial charge in [0.25, 0.3) is 0 Å². The summed E-state index contributed by atoms with van der Waals surface area (Å²) in [7, 11) is 0. The molecule has 0 aliphatic carbocycles. The average Bonchev–Trinajstić information content (AvgIpc) is 3.06. The number of pyridine rings is 1. The third-order valence-corrected chi connectivity index (χ3v) is 3.18. The van der Waals surface area contributed by atoms with E-state index in [-0.39, 0.29) is 0 Å². The maximum Gasteiger partial charge on any atom is 0.0951 e. The first kappa shape index (κ1) is 12.4. The number of hydrogen-bond acceptors (Lipinski definition) is 4. The number of aryl methyl sites for hydroxylation is 3. The third kappa shape index (κ3) is 2.40. The van der Waals surface area contributed by atoms with Gasteiger partial charge >= 0.3 is 0 Å². The van der Waals surface area contributed by atoms with Crippen LogP contribution in [0.3, 0.4) is 0 Å². The topological polar surface area (TPSA) is 74.5 Å². The molecule has 0 spiro atoms. The smallest absolute Gasteiger partial charge is 0.0951 e. The van der Waals surface area contributed by atoms with Gasteiger partial charge in [-0.2, -0.15) is 5.10 Å². The summed E-state index contributed by atoms with van der Waals surface area (Å²) < 4.78 is 3.98. The van der Waals surface area contributed by atoms with E-state index in [4.69, 9.17) is 5.73 Å². The molecule has 0 fully saturated rings. The van der Waals surface area contributed by atoms with E-state index >= 15 is 0 Å². The van der Waals surface area contributed by atoms with Crippen molar-refractivity contribution in [3.05, 3.63) is 48.9 Å². The van der Waals surface area contributed by atoms with E-state index < -0.39 is 0 Å². The van der Waals surface area contributed by atoms with E-state index in [9.17, 15) is 0 Å². The number of aromatic nitrogens is 5. The summed E-state index contributed by atoms with van der Waals surface area (Å²) >= 11 is 0. The predicted molar refractivity (Wildman–Crippen MR) is 76.8 cm³/mol. The van der Waals surface area contributed by atoms with Crippen molar-refractivity contribution >= 4 is 5.69 Å². The number of rotatable bonds is 4. The minimum absolute atomic E-state index is 0.705. The Bertz CT molecular complexity index is 712. The van der Waals surface area contributed by atoms with Gasteiger partial charge < -0.3 is 10.3 Å². The van der Waals surface area contributed by atoms with Gasteiger partial charge in [-0.1, -0.05) is 0 Å². The Labute approximate surface area is 116 Å². The van der Waals surface area contributed by atoms with Gasteiger partial charge in [-0.05, 0) is 18.6 Å². The molecule has 0 unspecified atom stereocenters. The lowest BCUT2D eigenvalue weighted by Crippen LogP contribution is -2.08. The molecule has 0 aliphatic rings. The first-order valence-electron chi connectivity index (χ1n) is 6.43. The van der Waals surface area contributed by atoms with Gasteiger partial charge in [0, 0.05) is 36.4 Å². The Morgan fingerprint density at radius 2 is 2.05 bits per heavy atom. The maximum atomic E-state index is 5.99. The van der Waals surface area contributed by atoms with Crippen molar-refractivity contribution in [1.29, 1.82) is 0 Å². The molecule has 0 aliphatic heterocycles. The van der Waals surface area contributed by atoms with E-state index in [1.165, 1.54) is 0 Å². The summed E-state index contributed by atoms with van der Waals surface area (Å²) in [5.41, 5.74) is 9.73. The molecule has 0 radical (unpaired) electrons. The SMILES string of the molecule is Cc1cnn(CCn2cncc2-c2cnccc2N)c1. The van der Waals surface area contributed by atoms with Crippen LogP contribution < -0.4 is 5.73 Å². The summed E-state index contributed by atoms with van der Waals surface area (Å²) in [6.45, 7) is 3.60. The van der Waals surface area contributed by atoms with Crippen molar-refractivity contribution in [2.24, 2.45) is 0 Å². The number of nitrogen functional groups attached to an aromatic ring is 1. The predicted octanol–water partition coefficient (Wildman–Crippen LogP) is 1.73. The van der Waals surface area contributed by atoms with Crippen molar-refractivity contribution in [3.8, 4) is 11.3 Å². The van der Waals surface area contributed by atoms with E-state index in [2.05, 4.69) is 19.6 Å². The zero-order valence-electron chi connectivity index (χ0n) is 11.3. The summed E-state index contributed by atoms with van der Waals surface area (Å²) in [6, 6.07) is 1.80. The van der Waals surface area contributed by atoms with Crippen LogP contribution in [0.25, 0.3) is 11.3 Å².